The molecule has 89 heavy (non-hydrogen) atoms. The third kappa shape index (κ3) is 16.8. The van der Waals surface area contributed by atoms with Crippen LogP contribution in [0.4, 0.5) is 0 Å². The molecular formula is C66H64O23. The van der Waals surface area contributed by atoms with Crippen molar-refractivity contribution >= 4 is 46.8 Å². The van der Waals surface area contributed by atoms with Gasteiger partial charge in [-0.25, -0.2) is 0 Å². The summed E-state index contributed by atoms with van der Waals surface area (Å²) in [7, 11) is 0. The fraction of sp³-hybridized carbons (Fsp3) is 0.318. The summed E-state index contributed by atoms with van der Waals surface area (Å²) < 4.78 is 92.1. The smallest absolute Gasteiger partial charge is 0.303 e. The lowest BCUT2D eigenvalue weighted by molar-refractivity contribution is -0.346. The minimum absolute atomic E-state index is 0.00947. The van der Waals surface area contributed by atoms with Crippen LogP contribution in [0.2, 0.25) is 0 Å². The van der Waals surface area contributed by atoms with Gasteiger partial charge in [-0.2, -0.15) is 0 Å². The zero-order chi connectivity index (χ0) is 63.1. The molecule has 3 heterocycles. The van der Waals surface area contributed by atoms with E-state index in [9.17, 15) is 33.9 Å². The van der Waals surface area contributed by atoms with E-state index >= 15 is 4.79 Å². The summed E-state index contributed by atoms with van der Waals surface area (Å²) in [6.07, 6.45) is -15.8. The second-order valence-corrected chi connectivity index (χ2v) is 20.5. The Bertz CT molecular complexity index is 3610. The van der Waals surface area contributed by atoms with Crippen molar-refractivity contribution in [2.45, 2.75) is 123 Å². The normalized spacial score (nSPS) is 20.4. The Labute approximate surface area is 510 Å². The van der Waals surface area contributed by atoms with Crippen LogP contribution in [0, 0.1) is 0 Å². The minimum Gasteiger partial charge on any atom is -0.507 e. The molecule has 466 valence electrons. The van der Waals surface area contributed by atoms with Crippen LogP contribution in [0.15, 0.2) is 155 Å². The van der Waals surface area contributed by atoms with Crippen LogP contribution in [0.5, 0.6) is 34.5 Å². The molecule has 0 aliphatic carbocycles. The number of hydrogen-bond donors (Lipinski definition) is 1. The predicted molar refractivity (Wildman–Crippen MR) is 311 cm³/mol. The largest absolute Gasteiger partial charge is 0.507 e. The summed E-state index contributed by atoms with van der Waals surface area (Å²) in [5.41, 5.74) is 2.03. The van der Waals surface area contributed by atoms with Crippen LogP contribution in [-0.4, -0.2) is 109 Å². The average molecular weight is 1230 g/mol. The molecule has 23 heteroatoms. The van der Waals surface area contributed by atoms with E-state index in [1.165, 1.54) is 24.3 Å². The van der Waals surface area contributed by atoms with E-state index in [1.807, 2.05) is 121 Å². The van der Waals surface area contributed by atoms with Crippen LogP contribution in [0.1, 0.15) is 63.8 Å². The summed E-state index contributed by atoms with van der Waals surface area (Å²) in [6.45, 7) is 5.12. The number of esters is 6. The Morgan fingerprint density at radius 1 is 0.494 bits per heavy atom. The number of carbonyl (C=O) groups excluding carboxylic acids is 6. The van der Waals surface area contributed by atoms with Crippen molar-refractivity contribution in [3.05, 3.63) is 178 Å². The maximum atomic E-state index is 15.6. The Morgan fingerprint density at radius 2 is 0.955 bits per heavy atom. The highest BCUT2D eigenvalue weighted by Gasteiger charge is 2.56. The highest BCUT2D eigenvalue weighted by molar-refractivity contribution is 5.89. The molecule has 0 bridgehead atoms. The number of carbonyl (C=O) groups is 6. The van der Waals surface area contributed by atoms with Gasteiger partial charge in [0.1, 0.15) is 67.7 Å². The summed E-state index contributed by atoms with van der Waals surface area (Å²) in [5, 5.41) is 11.4. The molecule has 0 unspecified atom stereocenters. The van der Waals surface area contributed by atoms with E-state index in [-0.39, 0.29) is 66.3 Å². The van der Waals surface area contributed by atoms with Gasteiger partial charge in [0.15, 0.2) is 54.1 Å². The Hall–Kier alpha value is -9.97. The van der Waals surface area contributed by atoms with Gasteiger partial charge in [0.25, 0.3) is 0 Å². The van der Waals surface area contributed by atoms with Gasteiger partial charge in [0.2, 0.25) is 23.2 Å². The first kappa shape index (κ1) is 63.5. The molecule has 2 aliphatic heterocycles. The number of aromatic hydroxyl groups is 1. The fourth-order valence-electron chi connectivity index (χ4n) is 9.85. The van der Waals surface area contributed by atoms with E-state index in [4.69, 9.17) is 70.7 Å². The van der Waals surface area contributed by atoms with Gasteiger partial charge >= 0.3 is 35.8 Å². The van der Waals surface area contributed by atoms with Crippen molar-refractivity contribution in [3.63, 3.8) is 0 Å². The quantitative estimate of drug-likeness (QED) is 0.0438. The van der Waals surface area contributed by atoms with Crippen molar-refractivity contribution in [2.24, 2.45) is 0 Å². The Kier molecular flexibility index (Phi) is 21.1. The molecule has 9 atom stereocenters. The fourth-order valence-corrected chi connectivity index (χ4v) is 9.85. The van der Waals surface area contributed by atoms with E-state index in [2.05, 4.69) is 0 Å². The number of benzene rings is 6. The van der Waals surface area contributed by atoms with Gasteiger partial charge < -0.3 is 75.8 Å². The van der Waals surface area contributed by atoms with Crippen LogP contribution in [0.3, 0.4) is 0 Å². The topological polar surface area (TPSA) is 282 Å². The second kappa shape index (κ2) is 29.6. The highest BCUT2D eigenvalue weighted by Crippen LogP contribution is 2.46. The summed E-state index contributed by atoms with van der Waals surface area (Å²) in [6, 6.07) is 42.8. The standard InChI is InChI=1S/C66H64O23/c1-37(67)75-35-54-59(82-39(3)69)62(83-40(4)70)64(85-42(6)72)66(87-54)88-60-53(81-38(2)68)36-80-65(63(60)84-41(5)71)89-61-56(74)55-49(73)29-48(76-31-43-19-11-7-12-20-43)30-50(55)86-57(61)47-27-51(77-32-44-21-13-8-14-22-44)58(79-34-46-25-17-10-18-26-46)52(28-47)78-33-45-23-15-9-16-24-45/h7-30,53-54,59-60,62-66,73H,31-36H2,1-6H3/t53-,54-,59+,60+,62+,63-,64-,65+,66-/m1/s1. The van der Waals surface area contributed by atoms with Crippen molar-refractivity contribution in [1.29, 1.82) is 0 Å². The van der Waals surface area contributed by atoms with Gasteiger partial charge in [-0.15, -0.1) is 0 Å². The summed E-state index contributed by atoms with van der Waals surface area (Å²) in [5.74, 6) is -6.62. The molecule has 1 aromatic heterocycles. The molecule has 7 aromatic rings. The third-order valence-electron chi connectivity index (χ3n) is 13.6. The third-order valence-corrected chi connectivity index (χ3v) is 13.6. The zero-order valence-corrected chi connectivity index (χ0v) is 49.2. The van der Waals surface area contributed by atoms with Crippen molar-refractivity contribution in [3.8, 4) is 45.8 Å². The maximum Gasteiger partial charge on any atom is 0.303 e. The molecule has 2 fully saturated rings. The molecule has 2 aliphatic rings. The van der Waals surface area contributed by atoms with Crippen LogP contribution in [-0.2, 0) is 97.8 Å². The van der Waals surface area contributed by atoms with Crippen molar-refractivity contribution < 1.29 is 105 Å². The van der Waals surface area contributed by atoms with Gasteiger partial charge in [0.05, 0.1) is 6.61 Å². The van der Waals surface area contributed by atoms with E-state index < -0.39 is 127 Å². The molecule has 1 N–H and O–H groups in total. The van der Waals surface area contributed by atoms with Crippen LogP contribution < -0.4 is 29.1 Å². The number of ether oxygens (including phenoxy) is 14. The zero-order valence-electron chi connectivity index (χ0n) is 49.2. The first-order chi connectivity index (χ1) is 42.9. The first-order valence-corrected chi connectivity index (χ1v) is 28.1. The monoisotopic (exact) mass is 1220 g/mol. The SMILES string of the molecule is CC(=O)OC[C@H]1O[C@H](O[C@@H]2[C@@H](OC(C)=O)[C@H](Oc3c(-c4cc(OCc5ccccc5)c(OCc5ccccc5)c(OCc5ccccc5)c4)oc4cc(OCc5ccccc5)cc(O)c4c3=O)OC[C@H]2OC(C)=O)[C@H](OC(C)=O)[C@@H](OC(C)=O)[C@H]1OC(C)=O. The lowest BCUT2D eigenvalue weighted by Gasteiger charge is -2.47. The molecule has 9 rings (SSSR count). The second-order valence-electron chi connectivity index (χ2n) is 20.5. The Morgan fingerprint density at radius 3 is 1.45 bits per heavy atom. The summed E-state index contributed by atoms with van der Waals surface area (Å²) >= 11 is 0. The molecule has 2 saturated heterocycles. The maximum absolute atomic E-state index is 15.6. The van der Waals surface area contributed by atoms with Gasteiger partial charge in [0, 0.05) is 59.2 Å². The van der Waals surface area contributed by atoms with Crippen molar-refractivity contribution in [1.82, 2.24) is 0 Å². The molecular weight excluding hydrogens is 1160 g/mol. The first-order valence-electron chi connectivity index (χ1n) is 28.1. The lowest BCUT2D eigenvalue weighted by atomic mass is 9.97. The molecule has 0 spiro atoms. The number of fused-ring (bicyclic) bond motifs is 1. The molecule has 6 aromatic carbocycles. The number of phenolic OH excluding ortho intramolecular Hbond substituents is 1. The average Bonchev–Trinajstić information content (AvgIpc) is 0.928. The Balaban J connectivity index is 1.21. The lowest BCUT2D eigenvalue weighted by Crippen LogP contribution is -2.66. The van der Waals surface area contributed by atoms with Gasteiger partial charge in [-0.3, -0.25) is 33.6 Å². The van der Waals surface area contributed by atoms with Crippen LogP contribution in [0.25, 0.3) is 22.3 Å². The van der Waals surface area contributed by atoms with E-state index in [0.717, 1.165) is 63.8 Å². The number of hydrogen-bond acceptors (Lipinski definition) is 23. The molecule has 0 saturated carbocycles. The number of rotatable bonds is 24. The van der Waals surface area contributed by atoms with Crippen LogP contribution >= 0.6 is 0 Å². The van der Waals surface area contributed by atoms with E-state index in [0.29, 0.717) is 0 Å². The highest BCUT2D eigenvalue weighted by atomic mass is 16.8. The number of phenols is 1. The van der Waals surface area contributed by atoms with E-state index in [1.54, 1.807) is 0 Å². The van der Waals surface area contributed by atoms with Gasteiger partial charge in [-0.05, 0) is 34.4 Å². The molecule has 0 radical (unpaired) electrons. The predicted octanol–water partition coefficient (Wildman–Crippen LogP) is 8.55. The molecule has 0 amide bonds. The summed E-state index contributed by atoms with van der Waals surface area (Å²) in [4.78, 5) is 92.4. The van der Waals surface area contributed by atoms with Crippen molar-refractivity contribution in [2.75, 3.05) is 13.2 Å². The minimum atomic E-state index is -1.95. The molecule has 23 nitrogen and oxygen atoms in total. The van der Waals surface area contributed by atoms with Gasteiger partial charge in [-0.1, -0.05) is 121 Å².